The number of halogens is 2. The number of hydrogen-bond donors (Lipinski definition) is 0. The molecule has 8 heteroatoms. The predicted molar refractivity (Wildman–Crippen MR) is 119 cm³/mol. The van der Waals surface area contributed by atoms with E-state index in [1.807, 2.05) is 24.3 Å². The Morgan fingerprint density at radius 1 is 1.17 bits per heavy atom. The third kappa shape index (κ3) is 3.94. The maximum absolute atomic E-state index is 13.1. The lowest BCUT2D eigenvalue weighted by atomic mass is 9.92. The van der Waals surface area contributed by atoms with Gasteiger partial charge in [0.05, 0.1) is 11.1 Å². The van der Waals surface area contributed by atoms with E-state index in [0.29, 0.717) is 41.1 Å². The van der Waals surface area contributed by atoms with Crippen LogP contribution in [0.25, 0.3) is 22.2 Å². The van der Waals surface area contributed by atoms with E-state index in [-0.39, 0.29) is 16.8 Å². The topological polar surface area (TPSA) is 74.0 Å². The zero-order chi connectivity index (χ0) is 21.3. The summed E-state index contributed by atoms with van der Waals surface area (Å²) in [6.07, 6.45) is 1.70. The zero-order valence-corrected chi connectivity index (χ0v) is 18.8. The Balaban J connectivity index is 2.46. The Morgan fingerprint density at radius 3 is 2.55 bits per heavy atom. The van der Waals surface area contributed by atoms with Gasteiger partial charge in [-0.3, -0.25) is 18.7 Å². The zero-order valence-electron chi connectivity index (χ0n) is 16.5. The summed E-state index contributed by atoms with van der Waals surface area (Å²) >= 11 is 9.21. The van der Waals surface area contributed by atoms with Crippen molar-refractivity contribution in [1.29, 1.82) is 0 Å². The van der Waals surface area contributed by atoms with Crippen LogP contribution in [0.3, 0.4) is 0 Å². The van der Waals surface area contributed by atoms with Gasteiger partial charge in [-0.05, 0) is 37.5 Å². The van der Waals surface area contributed by atoms with Crippen molar-refractivity contribution in [2.24, 2.45) is 14.1 Å². The number of aromatic nitrogens is 3. The molecule has 29 heavy (non-hydrogen) atoms. The quantitative estimate of drug-likeness (QED) is 0.305. The standard InChI is InChI=1S/C21H21BrClN3O3/c1-12-16(15(27)9-4-5-10-23)17(13-7-6-8-14(22)11-13)18-19(24-12)25(2)21(29)26(3)20(18)28/h6-8,11H,4-5,9-10H2,1-3H3. The fourth-order valence-electron chi connectivity index (χ4n) is 3.48. The SMILES string of the molecule is Cc1nc2c(c(-c3cccc(Br)c3)c1C(=O)CCCCCl)c(=O)n(C)c(=O)n2C. The molecule has 0 saturated heterocycles. The van der Waals surface area contributed by atoms with E-state index in [1.165, 1.54) is 11.6 Å². The minimum atomic E-state index is -0.472. The number of alkyl halides is 1. The van der Waals surface area contributed by atoms with E-state index in [4.69, 9.17) is 11.6 Å². The summed E-state index contributed by atoms with van der Waals surface area (Å²) < 4.78 is 3.20. The van der Waals surface area contributed by atoms with Gasteiger partial charge in [-0.15, -0.1) is 11.6 Å². The second-order valence-corrected chi connectivity index (χ2v) is 8.22. The van der Waals surface area contributed by atoms with E-state index >= 15 is 0 Å². The van der Waals surface area contributed by atoms with E-state index in [1.54, 1.807) is 14.0 Å². The van der Waals surface area contributed by atoms with Crippen LogP contribution >= 0.6 is 27.5 Å². The smallest absolute Gasteiger partial charge is 0.294 e. The van der Waals surface area contributed by atoms with Crippen LogP contribution in [0.5, 0.6) is 0 Å². The minimum Gasteiger partial charge on any atom is -0.294 e. The van der Waals surface area contributed by atoms with Crippen molar-refractivity contribution in [1.82, 2.24) is 14.1 Å². The van der Waals surface area contributed by atoms with Gasteiger partial charge in [-0.1, -0.05) is 28.1 Å². The molecule has 0 aliphatic rings. The van der Waals surface area contributed by atoms with Gasteiger partial charge >= 0.3 is 5.69 Å². The van der Waals surface area contributed by atoms with Crippen LogP contribution in [-0.4, -0.2) is 25.8 Å². The van der Waals surface area contributed by atoms with E-state index < -0.39 is 11.2 Å². The number of carbonyl (C=O) groups is 1. The molecule has 2 aromatic heterocycles. The summed E-state index contributed by atoms with van der Waals surface area (Å²) in [7, 11) is 3.00. The second kappa shape index (κ2) is 8.63. The molecule has 0 radical (unpaired) electrons. The number of nitrogens with zero attached hydrogens (tertiary/aromatic N) is 3. The molecule has 2 heterocycles. The summed E-state index contributed by atoms with van der Waals surface area (Å²) in [5.74, 6) is 0.400. The minimum absolute atomic E-state index is 0.0899. The number of hydrogen-bond acceptors (Lipinski definition) is 4. The average Bonchev–Trinajstić information content (AvgIpc) is 2.69. The number of carbonyl (C=O) groups excluding carboxylic acids is 1. The summed E-state index contributed by atoms with van der Waals surface area (Å²) in [5, 5.41) is 0.263. The molecule has 0 fully saturated rings. The number of ketones is 1. The van der Waals surface area contributed by atoms with Crippen molar-refractivity contribution < 1.29 is 4.79 Å². The van der Waals surface area contributed by atoms with Crippen molar-refractivity contribution in [3.8, 4) is 11.1 Å². The van der Waals surface area contributed by atoms with Crippen molar-refractivity contribution in [3.05, 3.63) is 60.8 Å². The van der Waals surface area contributed by atoms with Gasteiger partial charge < -0.3 is 0 Å². The second-order valence-electron chi connectivity index (χ2n) is 6.93. The lowest BCUT2D eigenvalue weighted by Gasteiger charge is -2.17. The highest BCUT2D eigenvalue weighted by Crippen LogP contribution is 2.33. The largest absolute Gasteiger partial charge is 0.332 e. The maximum atomic E-state index is 13.1. The Kier molecular flexibility index (Phi) is 6.39. The Bertz CT molecular complexity index is 1230. The Labute approximate surface area is 181 Å². The van der Waals surface area contributed by atoms with Crippen LogP contribution in [0.15, 0.2) is 38.3 Å². The number of rotatable bonds is 6. The normalized spacial score (nSPS) is 11.2. The van der Waals surface area contributed by atoms with E-state index in [9.17, 15) is 14.4 Å². The highest BCUT2D eigenvalue weighted by atomic mass is 79.9. The van der Waals surface area contributed by atoms with Crippen molar-refractivity contribution in [2.45, 2.75) is 26.2 Å². The Morgan fingerprint density at radius 2 is 1.90 bits per heavy atom. The Hall–Kier alpha value is -2.25. The predicted octanol–water partition coefficient (Wildman–Crippen LogP) is 3.96. The van der Waals surface area contributed by atoms with Crippen molar-refractivity contribution >= 4 is 44.3 Å². The maximum Gasteiger partial charge on any atom is 0.332 e. The summed E-state index contributed by atoms with van der Waals surface area (Å²) in [5.41, 5.74) is 1.47. The molecule has 152 valence electrons. The molecule has 0 bridgehead atoms. The molecule has 0 atom stereocenters. The van der Waals surface area contributed by atoms with Crippen LogP contribution in [0.2, 0.25) is 0 Å². The molecular formula is C21H21BrClN3O3. The molecule has 0 unspecified atom stereocenters. The van der Waals surface area contributed by atoms with Gasteiger partial charge in [0.25, 0.3) is 5.56 Å². The number of unbranched alkanes of at least 4 members (excludes halogenated alkanes) is 1. The molecular weight excluding hydrogens is 458 g/mol. The molecule has 0 spiro atoms. The van der Waals surface area contributed by atoms with Gasteiger partial charge in [0.2, 0.25) is 0 Å². The van der Waals surface area contributed by atoms with Gasteiger partial charge in [0, 0.05) is 42.0 Å². The van der Waals surface area contributed by atoms with Gasteiger partial charge in [-0.25, -0.2) is 9.78 Å². The third-order valence-electron chi connectivity index (χ3n) is 4.95. The lowest BCUT2D eigenvalue weighted by Crippen LogP contribution is -2.38. The van der Waals surface area contributed by atoms with Crippen LogP contribution in [0.4, 0.5) is 0 Å². The number of Topliss-reactive ketones (excluding diaryl/α,β-unsaturated/α-hetero) is 1. The summed E-state index contributed by atoms with van der Waals surface area (Å²) in [6.45, 7) is 1.73. The monoisotopic (exact) mass is 477 g/mol. The first-order valence-electron chi connectivity index (χ1n) is 9.23. The summed E-state index contributed by atoms with van der Waals surface area (Å²) in [6, 6.07) is 7.41. The molecule has 3 rings (SSSR count). The third-order valence-corrected chi connectivity index (χ3v) is 5.71. The fraction of sp³-hybridized carbons (Fsp3) is 0.333. The molecule has 3 aromatic rings. The van der Waals surface area contributed by atoms with Crippen LogP contribution in [0.1, 0.15) is 35.3 Å². The van der Waals surface area contributed by atoms with Gasteiger partial charge in [0.1, 0.15) is 5.65 Å². The molecule has 0 N–H and O–H groups in total. The van der Waals surface area contributed by atoms with Crippen LogP contribution < -0.4 is 11.2 Å². The van der Waals surface area contributed by atoms with Crippen molar-refractivity contribution in [3.63, 3.8) is 0 Å². The highest BCUT2D eigenvalue weighted by molar-refractivity contribution is 9.10. The van der Waals surface area contributed by atoms with Gasteiger partial charge in [0.15, 0.2) is 5.78 Å². The van der Waals surface area contributed by atoms with E-state index in [0.717, 1.165) is 15.5 Å². The molecule has 0 saturated carbocycles. The summed E-state index contributed by atoms with van der Waals surface area (Å²) in [4.78, 5) is 43.1. The average molecular weight is 479 g/mol. The number of fused-ring (bicyclic) bond motifs is 1. The lowest BCUT2D eigenvalue weighted by molar-refractivity contribution is 0.0979. The number of aryl methyl sites for hydroxylation is 2. The van der Waals surface area contributed by atoms with Crippen LogP contribution in [0, 0.1) is 6.92 Å². The first kappa shape index (κ1) is 21.5. The molecule has 6 nitrogen and oxygen atoms in total. The van der Waals surface area contributed by atoms with Crippen molar-refractivity contribution in [2.75, 3.05) is 5.88 Å². The highest BCUT2D eigenvalue weighted by Gasteiger charge is 2.24. The van der Waals surface area contributed by atoms with Gasteiger partial charge in [-0.2, -0.15) is 0 Å². The first-order chi connectivity index (χ1) is 13.8. The van der Waals surface area contributed by atoms with Crippen LogP contribution in [-0.2, 0) is 14.1 Å². The first-order valence-corrected chi connectivity index (χ1v) is 10.6. The number of pyridine rings is 1. The molecule has 0 aliphatic heterocycles. The molecule has 0 aliphatic carbocycles. The fourth-order valence-corrected chi connectivity index (χ4v) is 4.07. The van der Waals surface area contributed by atoms with E-state index in [2.05, 4.69) is 20.9 Å². The number of benzene rings is 1. The molecule has 1 aromatic carbocycles. The molecule has 0 amide bonds.